The van der Waals surface area contributed by atoms with Crippen molar-refractivity contribution < 1.29 is 4.79 Å². The van der Waals surface area contributed by atoms with Crippen LogP contribution >= 0.6 is 0 Å². The summed E-state index contributed by atoms with van der Waals surface area (Å²) in [6.45, 7) is 4.24. The number of benzene rings is 1. The Kier molecular flexibility index (Phi) is 4.06. The highest BCUT2D eigenvalue weighted by Crippen LogP contribution is 2.23. The molecule has 0 atom stereocenters. The topological polar surface area (TPSA) is 51.0 Å². The smallest absolute Gasteiger partial charge is 0.254 e. The Balaban J connectivity index is 1.61. The van der Waals surface area contributed by atoms with Crippen molar-refractivity contribution in [2.24, 2.45) is 0 Å². The quantitative estimate of drug-likeness (QED) is 0.723. The molecule has 126 valence electrons. The molecule has 2 aromatic heterocycles. The zero-order valence-corrected chi connectivity index (χ0v) is 14.2. The van der Waals surface area contributed by atoms with Gasteiger partial charge in [-0.15, -0.1) is 0 Å². The highest BCUT2D eigenvalue weighted by atomic mass is 16.2. The van der Waals surface area contributed by atoms with Gasteiger partial charge in [-0.3, -0.25) is 14.5 Å². The maximum atomic E-state index is 12.8. The van der Waals surface area contributed by atoms with Crippen LogP contribution in [0.1, 0.15) is 28.0 Å². The van der Waals surface area contributed by atoms with E-state index >= 15 is 0 Å². The van der Waals surface area contributed by atoms with Crippen molar-refractivity contribution in [1.82, 2.24) is 19.7 Å². The van der Waals surface area contributed by atoms with Gasteiger partial charge in [-0.1, -0.05) is 23.8 Å². The summed E-state index contributed by atoms with van der Waals surface area (Å²) >= 11 is 0. The Morgan fingerprint density at radius 1 is 1.08 bits per heavy atom. The number of rotatable bonds is 2. The number of hydrogen-bond acceptors (Lipinski definition) is 3. The SMILES string of the molecule is Cc1cccc(-c2cc3n(n2)CCCN(C(=O)c2ccncc2)C3)c1. The van der Waals surface area contributed by atoms with E-state index in [-0.39, 0.29) is 5.91 Å². The van der Waals surface area contributed by atoms with E-state index in [4.69, 9.17) is 5.10 Å². The minimum Gasteiger partial charge on any atom is -0.333 e. The molecular formula is C20H20N4O. The number of fused-ring (bicyclic) bond motifs is 1. The van der Waals surface area contributed by atoms with Crippen LogP contribution in [0.5, 0.6) is 0 Å². The van der Waals surface area contributed by atoms with Crippen LogP contribution in [0.2, 0.25) is 0 Å². The van der Waals surface area contributed by atoms with Gasteiger partial charge >= 0.3 is 0 Å². The number of amides is 1. The van der Waals surface area contributed by atoms with Crippen molar-refractivity contribution in [3.8, 4) is 11.3 Å². The van der Waals surface area contributed by atoms with E-state index in [0.29, 0.717) is 12.1 Å². The highest BCUT2D eigenvalue weighted by molar-refractivity contribution is 5.94. The predicted molar refractivity (Wildman–Crippen MR) is 96.0 cm³/mol. The van der Waals surface area contributed by atoms with Gasteiger partial charge in [-0.05, 0) is 37.6 Å². The summed E-state index contributed by atoms with van der Waals surface area (Å²) < 4.78 is 2.04. The van der Waals surface area contributed by atoms with Crippen molar-refractivity contribution in [3.63, 3.8) is 0 Å². The molecule has 0 unspecified atom stereocenters. The Morgan fingerprint density at radius 3 is 2.72 bits per heavy atom. The van der Waals surface area contributed by atoms with Crippen molar-refractivity contribution in [2.75, 3.05) is 6.54 Å². The molecule has 1 aliphatic rings. The van der Waals surface area contributed by atoms with E-state index in [1.54, 1.807) is 24.5 Å². The number of aromatic nitrogens is 3. The fourth-order valence-electron chi connectivity index (χ4n) is 3.26. The molecule has 0 aliphatic carbocycles. The maximum Gasteiger partial charge on any atom is 0.254 e. The van der Waals surface area contributed by atoms with Crippen molar-refractivity contribution in [2.45, 2.75) is 26.4 Å². The summed E-state index contributed by atoms with van der Waals surface area (Å²) in [6, 6.07) is 14.0. The molecule has 0 fully saturated rings. The third-order valence-electron chi connectivity index (χ3n) is 4.54. The average Bonchev–Trinajstić information content (AvgIpc) is 2.94. The van der Waals surface area contributed by atoms with Gasteiger partial charge in [0, 0.05) is 36.6 Å². The summed E-state index contributed by atoms with van der Waals surface area (Å²) in [5, 5.41) is 4.76. The normalized spacial score (nSPS) is 14.0. The second kappa shape index (κ2) is 6.51. The monoisotopic (exact) mass is 332 g/mol. The summed E-state index contributed by atoms with van der Waals surface area (Å²) in [5.41, 5.74) is 5.07. The second-order valence-corrected chi connectivity index (χ2v) is 6.43. The molecule has 5 nitrogen and oxygen atoms in total. The van der Waals surface area contributed by atoms with E-state index in [1.807, 2.05) is 9.58 Å². The lowest BCUT2D eigenvalue weighted by molar-refractivity contribution is 0.0745. The lowest BCUT2D eigenvalue weighted by Gasteiger charge is -2.19. The molecule has 5 heteroatoms. The molecule has 1 amide bonds. The number of hydrogen-bond donors (Lipinski definition) is 0. The molecule has 0 saturated heterocycles. The first kappa shape index (κ1) is 15.6. The highest BCUT2D eigenvalue weighted by Gasteiger charge is 2.22. The zero-order valence-electron chi connectivity index (χ0n) is 14.2. The number of carbonyl (C=O) groups excluding carboxylic acids is 1. The van der Waals surface area contributed by atoms with E-state index < -0.39 is 0 Å². The number of carbonyl (C=O) groups is 1. The van der Waals surface area contributed by atoms with Crippen molar-refractivity contribution in [3.05, 3.63) is 71.7 Å². The fourth-order valence-corrected chi connectivity index (χ4v) is 3.26. The lowest BCUT2D eigenvalue weighted by atomic mass is 10.1. The zero-order chi connectivity index (χ0) is 17.2. The van der Waals surface area contributed by atoms with Crippen molar-refractivity contribution >= 4 is 5.91 Å². The van der Waals surface area contributed by atoms with E-state index in [9.17, 15) is 4.79 Å². The molecule has 3 heterocycles. The fraction of sp³-hybridized carbons (Fsp3) is 0.250. The van der Waals surface area contributed by atoms with Gasteiger partial charge in [-0.25, -0.2) is 0 Å². The third-order valence-corrected chi connectivity index (χ3v) is 4.54. The lowest BCUT2D eigenvalue weighted by Crippen LogP contribution is -2.30. The first-order valence-corrected chi connectivity index (χ1v) is 8.54. The van der Waals surface area contributed by atoms with Crippen molar-refractivity contribution in [1.29, 1.82) is 0 Å². The van der Waals surface area contributed by atoms with Gasteiger partial charge in [-0.2, -0.15) is 5.10 Å². The summed E-state index contributed by atoms with van der Waals surface area (Å²) in [5.74, 6) is 0.0501. The van der Waals surface area contributed by atoms with Crippen LogP contribution in [0.3, 0.4) is 0 Å². The molecule has 0 saturated carbocycles. The largest absolute Gasteiger partial charge is 0.333 e. The van der Waals surface area contributed by atoms with Crippen LogP contribution in [-0.4, -0.2) is 32.1 Å². The molecule has 3 aromatic rings. The van der Waals surface area contributed by atoms with Gasteiger partial charge in [0.25, 0.3) is 5.91 Å². The van der Waals surface area contributed by atoms with Crippen LogP contribution < -0.4 is 0 Å². The molecule has 4 rings (SSSR count). The molecule has 1 aromatic carbocycles. The maximum absolute atomic E-state index is 12.8. The average molecular weight is 332 g/mol. The minimum absolute atomic E-state index is 0.0501. The molecule has 1 aliphatic heterocycles. The number of nitrogens with zero attached hydrogens (tertiary/aromatic N) is 4. The van der Waals surface area contributed by atoms with Gasteiger partial charge in [0.1, 0.15) is 0 Å². The predicted octanol–water partition coefficient (Wildman–Crippen LogP) is 3.30. The molecule has 0 N–H and O–H groups in total. The first-order valence-electron chi connectivity index (χ1n) is 8.54. The second-order valence-electron chi connectivity index (χ2n) is 6.43. The van der Waals surface area contributed by atoms with Crippen LogP contribution in [0.4, 0.5) is 0 Å². The Labute approximate surface area is 146 Å². The van der Waals surface area contributed by atoms with Gasteiger partial charge < -0.3 is 4.90 Å². The van der Waals surface area contributed by atoms with E-state index in [2.05, 4.69) is 42.2 Å². The number of aryl methyl sites for hydroxylation is 2. The van der Waals surface area contributed by atoms with E-state index in [1.165, 1.54) is 5.56 Å². The third kappa shape index (κ3) is 3.18. The summed E-state index contributed by atoms with van der Waals surface area (Å²) in [6.07, 6.45) is 4.22. The molecule has 0 bridgehead atoms. The van der Waals surface area contributed by atoms with Gasteiger partial charge in [0.05, 0.1) is 17.9 Å². The first-order chi connectivity index (χ1) is 12.2. The molecule has 25 heavy (non-hydrogen) atoms. The summed E-state index contributed by atoms with van der Waals surface area (Å²) in [4.78, 5) is 18.6. The number of pyridine rings is 1. The Hall–Kier alpha value is -2.95. The van der Waals surface area contributed by atoms with Gasteiger partial charge in [0.15, 0.2) is 0 Å². The van der Waals surface area contributed by atoms with E-state index in [0.717, 1.165) is 36.5 Å². The minimum atomic E-state index is 0.0501. The molecule has 0 radical (unpaired) electrons. The van der Waals surface area contributed by atoms with Crippen LogP contribution in [0, 0.1) is 6.92 Å². The van der Waals surface area contributed by atoms with Gasteiger partial charge in [0.2, 0.25) is 0 Å². The van der Waals surface area contributed by atoms with Crippen LogP contribution in [0.25, 0.3) is 11.3 Å². The summed E-state index contributed by atoms with van der Waals surface area (Å²) in [7, 11) is 0. The Bertz CT molecular complexity index is 901. The standard InChI is InChI=1S/C20H20N4O/c1-15-4-2-5-17(12-15)19-13-18-14-23(10-3-11-24(18)22-19)20(25)16-6-8-21-9-7-16/h2,4-9,12-13H,3,10-11,14H2,1H3. The van der Waals surface area contributed by atoms with Crippen LogP contribution in [-0.2, 0) is 13.1 Å². The molecular weight excluding hydrogens is 312 g/mol. The Morgan fingerprint density at radius 2 is 1.92 bits per heavy atom. The van der Waals surface area contributed by atoms with Crippen LogP contribution in [0.15, 0.2) is 54.9 Å². The molecule has 0 spiro atoms.